The minimum Gasteiger partial charge on any atom is -0.462 e. The van der Waals surface area contributed by atoms with Gasteiger partial charge in [-0.3, -0.25) is 0 Å². The highest BCUT2D eigenvalue weighted by Crippen LogP contribution is 2.20. The number of aromatic nitrogens is 3. The number of halogens is 1. The molecule has 2 heterocycles. The Morgan fingerprint density at radius 2 is 1.89 bits per heavy atom. The van der Waals surface area contributed by atoms with Gasteiger partial charge in [0.15, 0.2) is 0 Å². The van der Waals surface area contributed by atoms with Gasteiger partial charge < -0.3 is 14.5 Å². The molecular weight excluding hydrogens is 266 g/mol. The van der Waals surface area contributed by atoms with Gasteiger partial charge in [0.25, 0.3) is 0 Å². The van der Waals surface area contributed by atoms with Crippen LogP contribution in [0, 0.1) is 0 Å². The SMILES string of the molecule is CN(C)c1nc(OCCCl)nc(N2CCCCC2)n1. The second-order valence-corrected chi connectivity index (χ2v) is 5.08. The van der Waals surface area contributed by atoms with Crippen LogP contribution in [-0.2, 0) is 0 Å². The molecule has 0 radical (unpaired) electrons. The van der Waals surface area contributed by atoms with E-state index in [4.69, 9.17) is 16.3 Å². The van der Waals surface area contributed by atoms with Crippen LogP contribution in [0.1, 0.15) is 19.3 Å². The highest BCUT2D eigenvalue weighted by molar-refractivity contribution is 6.17. The largest absolute Gasteiger partial charge is 0.462 e. The molecule has 0 aliphatic carbocycles. The lowest BCUT2D eigenvalue weighted by molar-refractivity contribution is 0.313. The van der Waals surface area contributed by atoms with Gasteiger partial charge in [-0.2, -0.15) is 15.0 Å². The van der Waals surface area contributed by atoms with Crippen molar-refractivity contribution >= 4 is 23.5 Å². The van der Waals surface area contributed by atoms with Gasteiger partial charge in [0, 0.05) is 27.2 Å². The maximum absolute atomic E-state index is 5.63. The first-order chi connectivity index (χ1) is 9.20. The maximum Gasteiger partial charge on any atom is 0.323 e. The monoisotopic (exact) mass is 285 g/mol. The second kappa shape index (κ2) is 6.75. The smallest absolute Gasteiger partial charge is 0.323 e. The van der Waals surface area contributed by atoms with Gasteiger partial charge in [0.05, 0.1) is 5.88 Å². The minimum atomic E-state index is 0.347. The van der Waals surface area contributed by atoms with Gasteiger partial charge in [-0.1, -0.05) is 0 Å². The standard InChI is InChI=1S/C12H20ClN5O/c1-17(2)10-14-11(18-7-4-3-5-8-18)16-12(15-10)19-9-6-13/h3-9H2,1-2H3. The number of rotatable bonds is 5. The topological polar surface area (TPSA) is 54.4 Å². The van der Waals surface area contributed by atoms with Gasteiger partial charge in [-0.25, -0.2) is 0 Å². The Morgan fingerprint density at radius 1 is 1.16 bits per heavy atom. The van der Waals surface area contributed by atoms with Crippen LogP contribution in [0.5, 0.6) is 6.01 Å². The van der Waals surface area contributed by atoms with Crippen molar-refractivity contribution in [1.29, 1.82) is 0 Å². The van der Waals surface area contributed by atoms with E-state index in [1.807, 2.05) is 19.0 Å². The van der Waals surface area contributed by atoms with E-state index in [0.29, 0.717) is 30.4 Å². The third kappa shape index (κ3) is 3.83. The number of piperidine rings is 1. The average molecular weight is 286 g/mol. The lowest BCUT2D eigenvalue weighted by atomic mass is 10.1. The van der Waals surface area contributed by atoms with Gasteiger partial charge in [-0.15, -0.1) is 11.6 Å². The molecule has 0 saturated carbocycles. The zero-order valence-electron chi connectivity index (χ0n) is 11.5. The number of anilines is 2. The summed E-state index contributed by atoms with van der Waals surface area (Å²) >= 11 is 5.63. The van der Waals surface area contributed by atoms with Crippen LogP contribution < -0.4 is 14.5 Å². The first kappa shape index (κ1) is 14.1. The second-order valence-electron chi connectivity index (χ2n) is 4.70. The summed E-state index contributed by atoms with van der Waals surface area (Å²) < 4.78 is 5.43. The van der Waals surface area contributed by atoms with Crippen molar-refractivity contribution in [3.63, 3.8) is 0 Å². The highest BCUT2D eigenvalue weighted by atomic mass is 35.5. The van der Waals surface area contributed by atoms with Gasteiger partial charge in [0.2, 0.25) is 11.9 Å². The molecule has 0 N–H and O–H groups in total. The zero-order chi connectivity index (χ0) is 13.7. The van der Waals surface area contributed by atoms with Crippen LogP contribution in [-0.4, -0.2) is 54.6 Å². The molecule has 1 fully saturated rings. The van der Waals surface area contributed by atoms with Crippen LogP contribution in [0.3, 0.4) is 0 Å². The van der Waals surface area contributed by atoms with Crippen molar-refractivity contribution in [1.82, 2.24) is 15.0 Å². The van der Waals surface area contributed by atoms with E-state index in [1.165, 1.54) is 19.3 Å². The maximum atomic E-state index is 5.63. The molecule has 6 nitrogen and oxygen atoms in total. The summed E-state index contributed by atoms with van der Waals surface area (Å²) in [5.41, 5.74) is 0. The Morgan fingerprint density at radius 3 is 2.53 bits per heavy atom. The molecule has 0 unspecified atom stereocenters. The van der Waals surface area contributed by atoms with E-state index in [1.54, 1.807) is 0 Å². The normalized spacial score (nSPS) is 15.4. The zero-order valence-corrected chi connectivity index (χ0v) is 12.2. The lowest BCUT2D eigenvalue weighted by Gasteiger charge is -2.27. The van der Waals surface area contributed by atoms with Gasteiger partial charge in [0.1, 0.15) is 6.61 Å². The van der Waals surface area contributed by atoms with Gasteiger partial charge in [-0.05, 0) is 19.3 Å². The first-order valence-corrected chi connectivity index (χ1v) is 7.11. The fraction of sp³-hybridized carbons (Fsp3) is 0.750. The Hall–Kier alpha value is -1.30. The van der Waals surface area contributed by atoms with Crippen molar-refractivity contribution < 1.29 is 4.74 Å². The molecule has 2 rings (SSSR count). The van der Waals surface area contributed by atoms with E-state index < -0.39 is 0 Å². The Bertz CT molecular complexity index is 409. The van der Waals surface area contributed by atoms with Crippen molar-refractivity contribution in [2.45, 2.75) is 19.3 Å². The molecule has 0 spiro atoms. The molecule has 1 aliphatic rings. The molecule has 0 aromatic carbocycles. The molecule has 1 aliphatic heterocycles. The number of nitrogens with zero attached hydrogens (tertiary/aromatic N) is 5. The summed E-state index contributed by atoms with van der Waals surface area (Å²) in [5.74, 6) is 1.73. The van der Waals surface area contributed by atoms with Crippen LogP contribution in [0.25, 0.3) is 0 Å². The Balaban J connectivity index is 2.22. The first-order valence-electron chi connectivity index (χ1n) is 6.58. The molecule has 0 atom stereocenters. The average Bonchev–Trinajstić information content (AvgIpc) is 2.45. The summed E-state index contributed by atoms with van der Waals surface area (Å²) in [6, 6.07) is 0.347. The number of hydrogen-bond donors (Lipinski definition) is 0. The number of ether oxygens (including phenoxy) is 1. The third-order valence-corrected chi connectivity index (χ3v) is 3.09. The van der Waals surface area contributed by atoms with Crippen molar-refractivity contribution in [3.8, 4) is 6.01 Å². The van der Waals surface area contributed by atoms with Crippen LogP contribution in [0.4, 0.5) is 11.9 Å². The molecule has 1 saturated heterocycles. The summed E-state index contributed by atoms with van der Waals surface area (Å²) in [5, 5.41) is 0. The quantitative estimate of drug-likeness (QED) is 0.765. The predicted molar refractivity (Wildman–Crippen MR) is 76.4 cm³/mol. The summed E-state index contributed by atoms with van der Waals surface area (Å²) in [7, 11) is 3.81. The molecule has 7 heteroatoms. The molecule has 1 aromatic heterocycles. The molecule has 106 valence electrons. The molecule has 19 heavy (non-hydrogen) atoms. The van der Waals surface area contributed by atoms with Crippen LogP contribution in [0.15, 0.2) is 0 Å². The lowest BCUT2D eigenvalue weighted by Crippen LogP contribution is -2.31. The molecule has 0 bridgehead atoms. The molecule has 1 aromatic rings. The number of hydrogen-bond acceptors (Lipinski definition) is 6. The number of alkyl halides is 1. The van der Waals surface area contributed by atoms with Gasteiger partial charge >= 0.3 is 6.01 Å². The van der Waals surface area contributed by atoms with Crippen molar-refractivity contribution in [3.05, 3.63) is 0 Å². The highest BCUT2D eigenvalue weighted by Gasteiger charge is 2.17. The fourth-order valence-electron chi connectivity index (χ4n) is 1.97. The summed E-state index contributed by atoms with van der Waals surface area (Å²) in [6.07, 6.45) is 3.64. The minimum absolute atomic E-state index is 0.347. The fourth-order valence-corrected chi connectivity index (χ4v) is 2.04. The van der Waals surface area contributed by atoms with E-state index in [0.717, 1.165) is 13.1 Å². The van der Waals surface area contributed by atoms with Crippen molar-refractivity contribution in [2.75, 3.05) is 49.5 Å². The Labute approximate surface area is 118 Å². The summed E-state index contributed by atoms with van der Waals surface area (Å²) in [6.45, 7) is 2.38. The van der Waals surface area contributed by atoms with E-state index >= 15 is 0 Å². The van der Waals surface area contributed by atoms with Crippen LogP contribution in [0.2, 0.25) is 0 Å². The van der Waals surface area contributed by atoms with Crippen LogP contribution >= 0.6 is 11.6 Å². The summed E-state index contributed by atoms with van der Waals surface area (Å²) in [4.78, 5) is 17.2. The van der Waals surface area contributed by atoms with E-state index in [-0.39, 0.29) is 0 Å². The predicted octanol–water partition coefficient (Wildman–Crippen LogP) is 1.55. The third-order valence-electron chi connectivity index (χ3n) is 2.94. The van der Waals surface area contributed by atoms with E-state index in [2.05, 4.69) is 19.9 Å². The van der Waals surface area contributed by atoms with E-state index in [9.17, 15) is 0 Å². The molecule has 0 amide bonds. The van der Waals surface area contributed by atoms with Crippen molar-refractivity contribution in [2.24, 2.45) is 0 Å². The molecular formula is C12H20ClN5O. The Kier molecular flexibility index (Phi) is 5.01.